The first-order valence-corrected chi connectivity index (χ1v) is 7.80. The molecule has 0 aliphatic rings. The molecule has 20 heavy (non-hydrogen) atoms. The molecular formula is C16H30N4. The van der Waals surface area contributed by atoms with Crippen molar-refractivity contribution in [2.45, 2.75) is 59.8 Å². The Morgan fingerprint density at radius 3 is 2.40 bits per heavy atom. The Morgan fingerprint density at radius 2 is 1.80 bits per heavy atom. The van der Waals surface area contributed by atoms with E-state index in [1.165, 1.54) is 25.7 Å². The molecule has 0 aromatic carbocycles. The van der Waals surface area contributed by atoms with Gasteiger partial charge < -0.3 is 10.6 Å². The Hall–Kier alpha value is -1.32. The third-order valence-corrected chi connectivity index (χ3v) is 3.55. The number of anilines is 2. The summed E-state index contributed by atoms with van der Waals surface area (Å²) in [7, 11) is 1.89. The number of aromatic nitrogens is 2. The van der Waals surface area contributed by atoms with E-state index in [-0.39, 0.29) is 0 Å². The van der Waals surface area contributed by atoms with Crippen molar-refractivity contribution >= 4 is 11.6 Å². The van der Waals surface area contributed by atoms with Crippen molar-refractivity contribution in [1.29, 1.82) is 0 Å². The van der Waals surface area contributed by atoms with Gasteiger partial charge in [0.25, 0.3) is 0 Å². The number of rotatable bonds is 9. The van der Waals surface area contributed by atoms with Crippen LogP contribution >= 0.6 is 0 Å². The maximum Gasteiger partial charge on any atom is 0.132 e. The van der Waals surface area contributed by atoms with Crippen LogP contribution in [0.25, 0.3) is 0 Å². The molecule has 0 radical (unpaired) electrons. The minimum absolute atomic E-state index is 0.298. The van der Waals surface area contributed by atoms with Crippen molar-refractivity contribution in [3.05, 3.63) is 11.9 Å². The molecule has 4 heteroatoms. The van der Waals surface area contributed by atoms with E-state index >= 15 is 0 Å². The molecule has 4 nitrogen and oxygen atoms in total. The molecule has 114 valence electrons. The van der Waals surface area contributed by atoms with E-state index in [9.17, 15) is 0 Å². The monoisotopic (exact) mass is 278 g/mol. The topological polar surface area (TPSA) is 49.8 Å². The van der Waals surface area contributed by atoms with Crippen LogP contribution in [0.1, 0.15) is 59.2 Å². The Bertz CT molecular complexity index is 379. The summed E-state index contributed by atoms with van der Waals surface area (Å²) < 4.78 is 0. The summed E-state index contributed by atoms with van der Waals surface area (Å²) in [6, 6.07) is 1.97. The zero-order valence-electron chi connectivity index (χ0n) is 13.7. The fourth-order valence-electron chi connectivity index (χ4n) is 2.15. The molecule has 0 amide bonds. The molecule has 0 unspecified atom stereocenters. The number of nitrogens with one attached hydrogen (secondary N) is 2. The average molecular weight is 278 g/mol. The molecule has 0 aliphatic carbocycles. The Labute approximate surface area is 123 Å². The van der Waals surface area contributed by atoms with Crippen molar-refractivity contribution in [3.8, 4) is 0 Å². The zero-order chi connectivity index (χ0) is 15.0. The van der Waals surface area contributed by atoms with Crippen molar-refractivity contribution in [2.75, 3.05) is 24.2 Å². The molecule has 1 heterocycles. The van der Waals surface area contributed by atoms with Gasteiger partial charge in [-0.05, 0) is 11.8 Å². The highest BCUT2D eigenvalue weighted by atomic mass is 15.1. The first-order chi connectivity index (χ1) is 9.50. The molecule has 1 rings (SSSR count). The zero-order valence-corrected chi connectivity index (χ0v) is 13.7. The molecule has 0 spiro atoms. The summed E-state index contributed by atoms with van der Waals surface area (Å²) in [6.07, 6.45) is 6.00. The van der Waals surface area contributed by atoms with E-state index in [0.29, 0.717) is 5.41 Å². The molecule has 1 aromatic heterocycles. The normalized spacial score (nSPS) is 11.4. The lowest BCUT2D eigenvalue weighted by Crippen LogP contribution is -2.23. The molecule has 0 saturated heterocycles. The van der Waals surface area contributed by atoms with Gasteiger partial charge in [0, 0.05) is 26.1 Å². The van der Waals surface area contributed by atoms with E-state index < -0.39 is 0 Å². The second-order valence-electron chi connectivity index (χ2n) is 6.13. The minimum Gasteiger partial charge on any atom is -0.373 e. The van der Waals surface area contributed by atoms with Crippen LogP contribution in [0.15, 0.2) is 6.07 Å². The second kappa shape index (κ2) is 8.08. The summed E-state index contributed by atoms with van der Waals surface area (Å²) >= 11 is 0. The largest absolute Gasteiger partial charge is 0.373 e. The second-order valence-corrected chi connectivity index (χ2v) is 6.13. The number of aryl methyl sites for hydroxylation is 1. The highest BCUT2D eigenvalue weighted by molar-refractivity contribution is 5.47. The van der Waals surface area contributed by atoms with Gasteiger partial charge in [0.05, 0.1) is 0 Å². The van der Waals surface area contributed by atoms with Crippen LogP contribution < -0.4 is 10.6 Å². The minimum atomic E-state index is 0.298. The third-order valence-electron chi connectivity index (χ3n) is 3.55. The molecule has 0 fully saturated rings. The number of hydrogen-bond donors (Lipinski definition) is 2. The van der Waals surface area contributed by atoms with Gasteiger partial charge >= 0.3 is 0 Å². The summed E-state index contributed by atoms with van der Waals surface area (Å²) in [5.41, 5.74) is 0.298. The lowest BCUT2D eigenvalue weighted by atomic mass is 9.87. The molecule has 0 bridgehead atoms. The number of nitrogens with zero attached hydrogens (tertiary/aromatic N) is 2. The van der Waals surface area contributed by atoms with Gasteiger partial charge in [-0.2, -0.15) is 0 Å². The molecule has 0 aliphatic heterocycles. The maximum absolute atomic E-state index is 4.54. The summed E-state index contributed by atoms with van der Waals surface area (Å²) in [6.45, 7) is 9.90. The van der Waals surface area contributed by atoms with E-state index in [0.717, 1.165) is 30.4 Å². The Morgan fingerprint density at radius 1 is 1.10 bits per heavy atom. The first kappa shape index (κ1) is 16.7. The van der Waals surface area contributed by atoms with E-state index in [1.54, 1.807) is 0 Å². The standard InChI is InChI=1S/C16H30N4/c1-6-8-9-10-16(3,4)12-18-15-11-14(17-5)19-13(7-2)20-15/h11H,6-10,12H2,1-5H3,(H2,17,18,19,20). The Kier molecular flexibility index (Phi) is 6.76. The van der Waals surface area contributed by atoms with Gasteiger partial charge in [0.2, 0.25) is 0 Å². The third kappa shape index (κ3) is 5.76. The van der Waals surface area contributed by atoms with Crippen molar-refractivity contribution in [1.82, 2.24) is 9.97 Å². The van der Waals surface area contributed by atoms with Gasteiger partial charge in [0.1, 0.15) is 17.5 Å². The van der Waals surface area contributed by atoms with Crippen LogP contribution in [0.4, 0.5) is 11.6 Å². The fourth-order valence-corrected chi connectivity index (χ4v) is 2.15. The predicted molar refractivity (Wildman–Crippen MR) is 87.4 cm³/mol. The maximum atomic E-state index is 4.54. The van der Waals surface area contributed by atoms with Gasteiger partial charge in [-0.3, -0.25) is 0 Å². The van der Waals surface area contributed by atoms with Crippen LogP contribution in [-0.4, -0.2) is 23.6 Å². The SMILES string of the molecule is CCCCCC(C)(C)CNc1cc(NC)nc(CC)n1. The molecule has 0 saturated carbocycles. The average Bonchev–Trinajstić information content (AvgIpc) is 2.45. The predicted octanol–water partition coefficient (Wildman–Crippen LogP) is 4.10. The van der Waals surface area contributed by atoms with Crippen molar-refractivity contribution in [2.24, 2.45) is 5.41 Å². The lowest BCUT2D eigenvalue weighted by molar-refractivity contribution is 0.342. The van der Waals surface area contributed by atoms with Crippen LogP contribution in [-0.2, 0) is 6.42 Å². The lowest BCUT2D eigenvalue weighted by Gasteiger charge is -2.25. The highest BCUT2D eigenvalue weighted by Gasteiger charge is 2.17. The smallest absolute Gasteiger partial charge is 0.132 e. The van der Waals surface area contributed by atoms with E-state index in [1.807, 2.05) is 13.1 Å². The molecule has 0 atom stereocenters. The van der Waals surface area contributed by atoms with Gasteiger partial charge in [-0.1, -0.05) is 47.0 Å². The van der Waals surface area contributed by atoms with Crippen molar-refractivity contribution in [3.63, 3.8) is 0 Å². The number of unbranched alkanes of at least 4 members (excludes halogenated alkanes) is 2. The number of hydrogen-bond acceptors (Lipinski definition) is 4. The highest BCUT2D eigenvalue weighted by Crippen LogP contribution is 2.24. The van der Waals surface area contributed by atoms with Gasteiger partial charge in [-0.25, -0.2) is 9.97 Å². The van der Waals surface area contributed by atoms with E-state index in [2.05, 4.69) is 48.3 Å². The molecule has 2 N–H and O–H groups in total. The summed E-state index contributed by atoms with van der Waals surface area (Å²) in [4.78, 5) is 8.95. The van der Waals surface area contributed by atoms with Crippen LogP contribution in [0.5, 0.6) is 0 Å². The fraction of sp³-hybridized carbons (Fsp3) is 0.750. The Balaban J connectivity index is 2.59. The van der Waals surface area contributed by atoms with Crippen molar-refractivity contribution < 1.29 is 0 Å². The first-order valence-electron chi connectivity index (χ1n) is 7.80. The van der Waals surface area contributed by atoms with Crippen LogP contribution in [0.2, 0.25) is 0 Å². The van der Waals surface area contributed by atoms with Crippen LogP contribution in [0.3, 0.4) is 0 Å². The van der Waals surface area contributed by atoms with Gasteiger partial charge in [0.15, 0.2) is 0 Å². The van der Waals surface area contributed by atoms with Crippen LogP contribution in [0, 0.1) is 5.41 Å². The van der Waals surface area contributed by atoms with E-state index in [4.69, 9.17) is 0 Å². The van der Waals surface area contributed by atoms with Gasteiger partial charge in [-0.15, -0.1) is 0 Å². The molecular weight excluding hydrogens is 248 g/mol. The summed E-state index contributed by atoms with van der Waals surface area (Å²) in [5.74, 6) is 2.68. The molecule has 1 aromatic rings. The quantitative estimate of drug-likeness (QED) is 0.668. The summed E-state index contributed by atoms with van der Waals surface area (Å²) in [5, 5.41) is 6.56.